The lowest BCUT2D eigenvalue weighted by Crippen LogP contribution is -2.41. The molecule has 8 heteroatoms. The molecule has 156 valence electrons. The average Bonchev–Trinajstić information content (AvgIpc) is 2.90. The van der Waals surface area contributed by atoms with E-state index in [9.17, 15) is 19.2 Å². The SMILES string of the molecule is Cc1cc(C)cc(NC(=O)COC(=O)CN2C(=O)N[C@@](C)(c3ccccc3)C2=O)c1. The van der Waals surface area contributed by atoms with Crippen molar-refractivity contribution in [2.75, 3.05) is 18.5 Å². The van der Waals surface area contributed by atoms with Gasteiger partial charge in [-0.05, 0) is 49.6 Å². The second-order valence-corrected chi connectivity index (χ2v) is 7.40. The van der Waals surface area contributed by atoms with Crippen molar-refractivity contribution in [2.24, 2.45) is 0 Å². The second-order valence-electron chi connectivity index (χ2n) is 7.40. The summed E-state index contributed by atoms with van der Waals surface area (Å²) in [5.41, 5.74) is 1.91. The van der Waals surface area contributed by atoms with Crippen molar-refractivity contribution in [3.05, 3.63) is 65.2 Å². The number of amides is 4. The first-order chi connectivity index (χ1) is 14.2. The van der Waals surface area contributed by atoms with Gasteiger partial charge in [-0.3, -0.25) is 19.3 Å². The molecule has 1 aliphatic rings. The monoisotopic (exact) mass is 409 g/mol. The molecule has 0 spiro atoms. The molecule has 3 rings (SSSR count). The maximum Gasteiger partial charge on any atom is 0.326 e. The molecule has 2 aromatic carbocycles. The Labute approximate surface area is 174 Å². The lowest BCUT2D eigenvalue weighted by Gasteiger charge is -2.21. The van der Waals surface area contributed by atoms with Gasteiger partial charge >= 0.3 is 12.0 Å². The van der Waals surface area contributed by atoms with Crippen LogP contribution in [0.4, 0.5) is 10.5 Å². The van der Waals surface area contributed by atoms with Gasteiger partial charge in [-0.1, -0.05) is 36.4 Å². The summed E-state index contributed by atoms with van der Waals surface area (Å²) >= 11 is 0. The van der Waals surface area contributed by atoms with E-state index in [1.54, 1.807) is 49.4 Å². The molecule has 1 atom stereocenters. The van der Waals surface area contributed by atoms with E-state index >= 15 is 0 Å². The number of esters is 1. The van der Waals surface area contributed by atoms with Crippen LogP contribution < -0.4 is 10.6 Å². The normalized spacial score (nSPS) is 18.2. The Bertz CT molecular complexity index is 985. The molecule has 1 heterocycles. The Morgan fingerprint density at radius 2 is 1.70 bits per heavy atom. The number of nitrogens with zero attached hydrogens (tertiary/aromatic N) is 1. The van der Waals surface area contributed by atoms with Crippen LogP contribution in [-0.2, 0) is 24.7 Å². The highest BCUT2D eigenvalue weighted by atomic mass is 16.5. The quantitative estimate of drug-likeness (QED) is 0.562. The van der Waals surface area contributed by atoms with Gasteiger partial charge < -0.3 is 15.4 Å². The van der Waals surface area contributed by atoms with E-state index in [1.165, 1.54) is 0 Å². The average molecular weight is 409 g/mol. The Kier molecular flexibility index (Phi) is 5.86. The number of hydrogen-bond acceptors (Lipinski definition) is 5. The van der Waals surface area contributed by atoms with Gasteiger partial charge in [0.1, 0.15) is 12.1 Å². The number of benzene rings is 2. The van der Waals surface area contributed by atoms with E-state index in [0.717, 1.165) is 16.0 Å². The first-order valence-corrected chi connectivity index (χ1v) is 9.42. The van der Waals surface area contributed by atoms with E-state index in [0.29, 0.717) is 11.3 Å². The number of nitrogens with one attached hydrogen (secondary N) is 2. The summed E-state index contributed by atoms with van der Waals surface area (Å²) in [4.78, 5) is 50.0. The second kappa shape index (κ2) is 8.36. The van der Waals surface area contributed by atoms with Crippen LogP contribution in [0.15, 0.2) is 48.5 Å². The summed E-state index contributed by atoms with van der Waals surface area (Å²) in [6, 6.07) is 13.6. The molecular formula is C22H23N3O5. The number of urea groups is 1. The Morgan fingerprint density at radius 3 is 2.33 bits per heavy atom. The van der Waals surface area contributed by atoms with Crippen molar-refractivity contribution in [1.82, 2.24) is 10.2 Å². The van der Waals surface area contributed by atoms with Gasteiger partial charge in [-0.2, -0.15) is 0 Å². The smallest absolute Gasteiger partial charge is 0.326 e. The van der Waals surface area contributed by atoms with Gasteiger partial charge in [0.2, 0.25) is 0 Å². The molecule has 0 aromatic heterocycles. The fraction of sp³-hybridized carbons (Fsp3) is 0.273. The van der Waals surface area contributed by atoms with Crippen LogP contribution >= 0.6 is 0 Å². The summed E-state index contributed by atoms with van der Waals surface area (Å²) in [6.45, 7) is 4.29. The molecule has 2 aromatic rings. The number of hydrogen-bond donors (Lipinski definition) is 2. The van der Waals surface area contributed by atoms with Crippen LogP contribution in [0, 0.1) is 13.8 Å². The molecule has 0 bridgehead atoms. The van der Waals surface area contributed by atoms with Gasteiger partial charge in [0, 0.05) is 5.69 Å². The highest BCUT2D eigenvalue weighted by molar-refractivity contribution is 6.09. The van der Waals surface area contributed by atoms with Crippen LogP contribution in [0.5, 0.6) is 0 Å². The lowest BCUT2D eigenvalue weighted by molar-refractivity contribution is -0.150. The third-order valence-corrected chi connectivity index (χ3v) is 4.78. The number of rotatable bonds is 6. The van der Waals surface area contributed by atoms with Crippen molar-refractivity contribution < 1.29 is 23.9 Å². The summed E-state index contributed by atoms with van der Waals surface area (Å²) in [5, 5.41) is 5.26. The third-order valence-electron chi connectivity index (χ3n) is 4.78. The third kappa shape index (κ3) is 4.48. The maximum atomic E-state index is 12.8. The fourth-order valence-corrected chi connectivity index (χ4v) is 3.37. The van der Waals surface area contributed by atoms with Crippen LogP contribution in [-0.4, -0.2) is 41.9 Å². The molecule has 4 amide bonds. The van der Waals surface area contributed by atoms with Crippen LogP contribution in [0.2, 0.25) is 0 Å². The molecule has 30 heavy (non-hydrogen) atoms. The number of anilines is 1. The summed E-state index contributed by atoms with van der Waals surface area (Å²) < 4.78 is 4.94. The van der Waals surface area contributed by atoms with Gasteiger partial charge in [0.25, 0.3) is 11.8 Å². The summed E-state index contributed by atoms with van der Waals surface area (Å²) in [6.07, 6.45) is 0. The minimum atomic E-state index is -1.26. The first-order valence-electron chi connectivity index (χ1n) is 9.42. The molecule has 1 saturated heterocycles. The minimum absolute atomic E-state index is 0.514. The zero-order valence-electron chi connectivity index (χ0n) is 17.0. The van der Waals surface area contributed by atoms with Gasteiger partial charge in [0.05, 0.1) is 0 Å². The zero-order chi connectivity index (χ0) is 21.9. The highest BCUT2D eigenvalue weighted by Gasteiger charge is 2.49. The molecular weight excluding hydrogens is 386 g/mol. The van der Waals surface area contributed by atoms with E-state index in [1.807, 2.05) is 19.9 Å². The topological polar surface area (TPSA) is 105 Å². The van der Waals surface area contributed by atoms with Crippen LogP contribution in [0.25, 0.3) is 0 Å². The molecule has 2 N–H and O–H groups in total. The van der Waals surface area contributed by atoms with Crippen molar-refractivity contribution in [1.29, 1.82) is 0 Å². The van der Waals surface area contributed by atoms with Crippen molar-refractivity contribution in [3.63, 3.8) is 0 Å². The first kappa shape index (κ1) is 21.0. The lowest BCUT2D eigenvalue weighted by atomic mass is 9.92. The van der Waals surface area contributed by atoms with E-state index in [4.69, 9.17) is 4.74 Å². The highest BCUT2D eigenvalue weighted by Crippen LogP contribution is 2.28. The maximum absolute atomic E-state index is 12.8. The Balaban J connectivity index is 1.56. The minimum Gasteiger partial charge on any atom is -0.454 e. The number of ether oxygens (including phenoxy) is 1. The molecule has 1 aliphatic heterocycles. The van der Waals surface area contributed by atoms with E-state index in [2.05, 4.69) is 10.6 Å². The van der Waals surface area contributed by atoms with Gasteiger partial charge in [-0.15, -0.1) is 0 Å². The number of imide groups is 1. The largest absolute Gasteiger partial charge is 0.454 e. The van der Waals surface area contributed by atoms with Crippen molar-refractivity contribution in [3.8, 4) is 0 Å². The Hall–Kier alpha value is -3.68. The Morgan fingerprint density at radius 1 is 1.07 bits per heavy atom. The van der Waals surface area contributed by atoms with E-state index < -0.39 is 42.5 Å². The molecule has 0 aliphatic carbocycles. The number of carbonyl (C=O) groups excluding carboxylic acids is 4. The predicted octanol–water partition coefficient (Wildman–Crippen LogP) is 2.25. The molecule has 0 saturated carbocycles. The molecule has 0 radical (unpaired) electrons. The number of aryl methyl sites for hydroxylation is 2. The fourth-order valence-electron chi connectivity index (χ4n) is 3.37. The van der Waals surface area contributed by atoms with E-state index in [-0.39, 0.29) is 0 Å². The summed E-state index contributed by atoms with van der Waals surface area (Å²) in [5.74, 6) is -1.93. The standard InChI is InChI=1S/C22H23N3O5/c1-14-9-15(2)11-17(10-14)23-18(26)13-30-19(27)12-25-20(28)22(3,24-21(25)29)16-7-5-4-6-8-16/h4-11H,12-13H2,1-3H3,(H,23,26)(H,24,29)/t22-/m0/s1. The van der Waals surface area contributed by atoms with Gasteiger partial charge in [-0.25, -0.2) is 4.79 Å². The molecule has 0 unspecified atom stereocenters. The summed E-state index contributed by atoms with van der Waals surface area (Å²) in [7, 11) is 0. The number of carbonyl (C=O) groups is 4. The van der Waals surface area contributed by atoms with Crippen LogP contribution in [0.1, 0.15) is 23.6 Å². The predicted molar refractivity (Wildman–Crippen MR) is 110 cm³/mol. The van der Waals surface area contributed by atoms with Crippen molar-refractivity contribution in [2.45, 2.75) is 26.3 Å². The van der Waals surface area contributed by atoms with Crippen LogP contribution in [0.3, 0.4) is 0 Å². The molecule has 1 fully saturated rings. The molecule has 8 nitrogen and oxygen atoms in total. The van der Waals surface area contributed by atoms with Gasteiger partial charge in [0.15, 0.2) is 6.61 Å². The van der Waals surface area contributed by atoms with Crippen molar-refractivity contribution >= 4 is 29.5 Å². The zero-order valence-corrected chi connectivity index (χ0v) is 17.0.